The number of nitrogens with zero attached hydrogens (tertiary/aromatic N) is 3. The van der Waals surface area contributed by atoms with Crippen LogP contribution in [-0.2, 0) is 4.79 Å². The zero-order chi connectivity index (χ0) is 20.5. The minimum atomic E-state index is 0.274. The van der Waals surface area contributed by atoms with E-state index in [1.54, 1.807) is 0 Å². The molecular weight excluding hydrogens is 358 g/mol. The Morgan fingerprint density at radius 2 is 1.79 bits per heavy atom. The molecule has 0 N–H and O–H groups in total. The number of aryl methyl sites for hydroxylation is 1. The lowest BCUT2D eigenvalue weighted by Crippen LogP contribution is -2.49. The number of rotatable bonds is 8. The molecule has 4 nitrogen and oxygen atoms in total. The van der Waals surface area contributed by atoms with Gasteiger partial charge in [0, 0.05) is 57.9 Å². The fourth-order valence-electron chi connectivity index (χ4n) is 3.77. The molecule has 1 saturated heterocycles. The number of amides is 1. The van der Waals surface area contributed by atoms with Crippen LogP contribution in [0.1, 0.15) is 24.5 Å². The highest BCUT2D eigenvalue weighted by Crippen LogP contribution is 2.16. The van der Waals surface area contributed by atoms with Crippen molar-refractivity contribution in [1.82, 2.24) is 9.80 Å². The Hall–Kier alpha value is -2.59. The van der Waals surface area contributed by atoms with Crippen molar-refractivity contribution in [2.75, 3.05) is 50.7 Å². The van der Waals surface area contributed by atoms with Gasteiger partial charge in [-0.15, -0.1) is 0 Å². The Labute approximate surface area is 175 Å². The average molecular weight is 392 g/mol. The molecule has 154 valence electrons. The second kappa shape index (κ2) is 10.8. The third-order valence-corrected chi connectivity index (χ3v) is 5.54. The fraction of sp³-hybridized carbons (Fsp3) is 0.400. The molecule has 0 spiro atoms. The molecule has 0 unspecified atom stereocenters. The summed E-state index contributed by atoms with van der Waals surface area (Å²) in [5, 5.41) is 0. The summed E-state index contributed by atoms with van der Waals surface area (Å²) in [6.45, 7) is 10.4. The van der Waals surface area contributed by atoms with E-state index in [1.165, 1.54) is 16.8 Å². The topological polar surface area (TPSA) is 26.8 Å². The van der Waals surface area contributed by atoms with Gasteiger partial charge in [0.25, 0.3) is 0 Å². The molecular formula is C25H33N3O. The minimum absolute atomic E-state index is 0.274. The molecule has 1 heterocycles. The maximum Gasteiger partial charge on any atom is 0.224 e. The van der Waals surface area contributed by atoms with Gasteiger partial charge in [0.2, 0.25) is 5.91 Å². The Morgan fingerprint density at radius 3 is 2.48 bits per heavy atom. The van der Waals surface area contributed by atoms with Gasteiger partial charge in [-0.1, -0.05) is 54.6 Å². The lowest BCUT2D eigenvalue weighted by Gasteiger charge is -2.34. The number of carbonyl (C=O) groups excluding carboxylic acids is 1. The molecule has 1 aliphatic heterocycles. The molecule has 1 amide bonds. The van der Waals surface area contributed by atoms with Crippen molar-refractivity contribution >= 4 is 17.7 Å². The standard InChI is InChI=1S/C25H33N3O/c1-3-27(24-13-7-9-22(2)21-24)16-14-25(29)28-19-17-26(18-20-28)15-8-12-23-10-5-4-6-11-23/h4-13,21H,3,14-20H2,1-2H3/b12-8+. The number of carbonyl (C=O) groups is 1. The van der Waals surface area contributed by atoms with Gasteiger partial charge in [0.1, 0.15) is 0 Å². The van der Waals surface area contributed by atoms with Gasteiger partial charge in [0.05, 0.1) is 0 Å². The van der Waals surface area contributed by atoms with Crippen LogP contribution in [0.15, 0.2) is 60.7 Å². The van der Waals surface area contributed by atoms with Gasteiger partial charge < -0.3 is 9.80 Å². The molecule has 2 aromatic rings. The molecule has 0 atom stereocenters. The van der Waals surface area contributed by atoms with E-state index >= 15 is 0 Å². The van der Waals surface area contributed by atoms with Gasteiger partial charge in [-0.2, -0.15) is 0 Å². The number of benzene rings is 2. The first-order valence-electron chi connectivity index (χ1n) is 10.7. The van der Waals surface area contributed by atoms with Gasteiger partial charge in [0.15, 0.2) is 0 Å². The SMILES string of the molecule is CCN(CCC(=O)N1CCN(C/C=C/c2ccccc2)CC1)c1cccc(C)c1. The third kappa shape index (κ3) is 6.47. The van der Waals surface area contributed by atoms with E-state index < -0.39 is 0 Å². The molecule has 0 bridgehead atoms. The number of anilines is 1. The van der Waals surface area contributed by atoms with Crippen molar-refractivity contribution in [3.63, 3.8) is 0 Å². The highest BCUT2D eigenvalue weighted by molar-refractivity contribution is 5.77. The molecule has 1 fully saturated rings. The van der Waals surface area contributed by atoms with Crippen molar-refractivity contribution in [3.8, 4) is 0 Å². The molecule has 0 aliphatic carbocycles. The summed E-state index contributed by atoms with van der Waals surface area (Å²) in [7, 11) is 0. The molecule has 0 radical (unpaired) electrons. The summed E-state index contributed by atoms with van der Waals surface area (Å²) >= 11 is 0. The highest BCUT2D eigenvalue weighted by Gasteiger charge is 2.20. The number of hydrogen-bond acceptors (Lipinski definition) is 3. The predicted octanol–water partition coefficient (Wildman–Crippen LogP) is 4.07. The van der Waals surface area contributed by atoms with E-state index in [0.717, 1.165) is 45.8 Å². The van der Waals surface area contributed by atoms with Crippen LogP contribution in [0.3, 0.4) is 0 Å². The van der Waals surface area contributed by atoms with Crippen molar-refractivity contribution in [1.29, 1.82) is 0 Å². The van der Waals surface area contributed by atoms with E-state index in [-0.39, 0.29) is 5.91 Å². The van der Waals surface area contributed by atoms with E-state index in [1.807, 2.05) is 11.0 Å². The molecule has 2 aromatic carbocycles. The first kappa shape index (κ1) is 21.1. The van der Waals surface area contributed by atoms with Crippen LogP contribution in [0.4, 0.5) is 5.69 Å². The quantitative estimate of drug-likeness (QED) is 0.679. The van der Waals surface area contributed by atoms with Crippen LogP contribution in [0.2, 0.25) is 0 Å². The van der Waals surface area contributed by atoms with Crippen LogP contribution >= 0.6 is 0 Å². The second-order valence-corrected chi connectivity index (χ2v) is 7.66. The van der Waals surface area contributed by atoms with Crippen LogP contribution in [0, 0.1) is 6.92 Å². The minimum Gasteiger partial charge on any atom is -0.371 e. The van der Waals surface area contributed by atoms with E-state index in [4.69, 9.17) is 0 Å². The summed E-state index contributed by atoms with van der Waals surface area (Å²) in [6.07, 6.45) is 4.96. The Balaban J connectivity index is 1.41. The van der Waals surface area contributed by atoms with Gasteiger partial charge in [-0.05, 0) is 37.1 Å². The number of piperazine rings is 1. The van der Waals surface area contributed by atoms with Crippen molar-refractivity contribution in [3.05, 3.63) is 71.8 Å². The zero-order valence-corrected chi connectivity index (χ0v) is 17.8. The van der Waals surface area contributed by atoms with E-state index in [2.05, 4.69) is 84.3 Å². The van der Waals surface area contributed by atoms with Gasteiger partial charge >= 0.3 is 0 Å². The number of hydrogen-bond donors (Lipinski definition) is 0. The third-order valence-electron chi connectivity index (χ3n) is 5.54. The Bertz CT molecular complexity index is 795. The van der Waals surface area contributed by atoms with Crippen molar-refractivity contribution < 1.29 is 4.79 Å². The maximum absolute atomic E-state index is 12.7. The van der Waals surface area contributed by atoms with Crippen LogP contribution in [-0.4, -0.2) is 61.5 Å². The Morgan fingerprint density at radius 1 is 1.03 bits per heavy atom. The second-order valence-electron chi connectivity index (χ2n) is 7.66. The van der Waals surface area contributed by atoms with E-state index in [0.29, 0.717) is 6.42 Å². The highest BCUT2D eigenvalue weighted by atomic mass is 16.2. The van der Waals surface area contributed by atoms with Gasteiger partial charge in [-0.25, -0.2) is 0 Å². The summed E-state index contributed by atoms with van der Waals surface area (Å²) < 4.78 is 0. The largest absolute Gasteiger partial charge is 0.371 e. The summed E-state index contributed by atoms with van der Waals surface area (Å²) in [6, 6.07) is 18.9. The van der Waals surface area contributed by atoms with Crippen molar-refractivity contribution in [2.24, 2.45) is 0 Å². The van der Waals surface area contributed by atoms with E-state index in [9.17, 15) is 4.79 Å². The smallest absolute Gasteiger partial charge is 0.224 e. The van der Waals surface area contributed by atoms with Crippen molar-refractivity contribution in [2.45, 2.75) is 20.3 Å². The Kier molecular flexibility index (Phi) is 7.88. The lowest BCUT2D eigenvalue weighted by atomic mass is 10.2. The molecule has 0 aromatic heterocycles. The summed E-state index contributed by atoms with van der Waals surface area (Å²) in [5.41, 5.74) is 3.69. The molecule has 29 heavy (non-hydrogen) atoms. The van der Waals surface area contributed by atoms with Crippen LogP contribution in [0.25, 0.3) is 6.08 Å². The normalized spacial score (nSPS) is 15.0. The van der Waals surface area contributed by atoms with Crippen LogP contribution in [0.5, 0.6) is 0 Å². The monoisotopic (exact) mass is 391 g/mol. The zero-order valence-electron chi connectivity index (χ0n) is 17.8. The predicted molar refractivity (Wildman–Crippen MR) is 122 cm³/mol. The first-order valence-corrected chi connectivity index (χ1v) is 10.7. The first-order chi connectivity index (χ1) is 14.2. The molecule has 0 saturated carbocycles. The fourth-order valence-corrected chi connectivity index (χ4v) is 3.77. The maximum atomic E-state index is 12.7. The molecule has 4 heteroatoms. The molecule has 3 rings (SSSR count). The lowest BCUT2D eigenvalue weighted by molar-refractivity contribution is -0.132. The van der Waals surface area contributed by atoms with Gasteiger partial charge in [-0.3, -0.25) is 9.69 Å². The molecule has 1 aliphatic rings. The average Bonchev–Trinajstić information content (AvgIpc) is 2.75. The van der Waals surface area contributed by atoms with Crippen LogP contribution < -0.4 is 4.90 Å². The summed E-state index contributed by atoms with van der Waals surface area (Å²) in [4.78, 5) is 19.4. The summed E-state index contributed by atoms with van der Waals surface area (Å²) in [5.74, 6) is 0.274.